The Balaban J connectivity index is 2.26. The van der Waals surface area contributed by atoms with E-state index in [2.05, 4.69) is 10.0 Å². The maximum Gasteiger partial charge on any atom is 0.240 e. The third-order valence-electron chi connectivity index (χ3n) is 3.68. The Labute approximate surface area is 140 Å². The van der Waals surface area contributed by atoms with Crippen LogP contribution in [0.25, 0.3) is 0 Å². The lowest BCUT2D eigenvalue weighted by Gasteiger charge is -2.13. The first-order chi connectivity index (χ1) is 11.5. The van der Waals surface area contributed by atoms with Crippen molar-refractivity contribution in [2.75, 3.05) is 5.32 Å². The molecule has 0 radical (unpaired) electrons. The minimum absolute atomic E-state index is 0.0510. The van der Waals surface area contributed by atoms with Crippen molar-refractivity contribution in [3.8, 4) is 18.2 Å². The molecule has 1 aliphatic rings. The summed E-state index contributed by atoms with van der Waals surface area (Å²) in [7, 11) is -3.66. The topological polar surface area (TPSA) is 130 Å². The second kappa shape index (κ2) is 7.61. The minimum atomic E-state index is -3.66. The second-order valence-electron chi connectivity index (χ2n) is 5.34. The summed E-state index contributed by atoms with van der Waals surface area (Å²) in [6.07, 6.45) is 3.67. The van der Waals surface area contributed by atoms with E-state index in [1.807, 2.05) is 0 Å². The average Bonchev–Trinajstić information content (AvgIpc) is 3.07. The number of nitrogens with one attached hydrogen (secondary N) is 2. The van der Waals surface area contributed by atoms with E-state index in [0.29, 0.717) is 5.69 Å². The van der Waals surface area contributed by atoms with Crippen LogP contribution in [0.3, 0.4) is 0 Å². The van der Waals surface area contributed by atoms with Crippen LogP contribution in [0, 0.1) is 34.0 Å². The molecule has 1 aromatic carbocycles. The molecule has 0 atom stereocenters. The highest BCUT2D eigenvalue weighted by Gasteiger charge is 2.23. The number of anilines is 1. The van der Waals surface area contributed by atoms with Crippen LogP contribution in [0.15, 0.2) is 40.4 Å². The molecule has 8 heteroatoms. The molecule has 1 saturated carbocycles. The Morgan fingerprint density at radius 3 is 2.33 bits per heavy atom. The summed E-state index contributed by atoms with van der Waals surface area (Å²) < 4.78 is 27.5. The zero-order valence-electron chi connectivity index (χ0n) is 12.8. The van der Waals surface area contributed by atoms with Crippen molar-refractivity contribution in [1.82, 2.24) is 4.72 Å². The van der Waals surface area contributed by atoms with Gasteiger partial charge in [-0.3, -0.25) is 0 Å². The van der Waals surface area contributed by atoms with E-state index in [1.165, 1.54) is 18.2 Å². The first kappa shape index (κ1) is 17.5. The van der Waals surface area contributed by atoms with Gasteiger partial charge in [0.15, 0.2) is 5.57 Å². The number of hydrogen-bond acceptors (Lipinski definition) is 6. The van der Waals surface area contributed by atoms with Gasteiger partial charge >= 0.3 is 0 Å². The zero-order chi connectivity index (χ0) is 17.6. The molecule has 0 spiro atoms. The number of nitriles is 3. The van der Waals surface area contributed by atoms with Crippen LogP contribution in [0.4, 0.5) is 5.69 Å². The van der Waals surface area contributed by atoms with Crippen LogP contribution in [-0.2, 0) is 10.0 Å². The van der Waals surface area contributed by atoms with E-state index >= 15 is 0 Å². The zero-order valence-corrected chi connectivity index (χ0v) is 13.6. The smallest absolute Gasteiger partial charge is 0.240 e. The molecule has 0 aromatic heterocycles. The third kappa shape index (κ3) is 4.11. The van der Waals surface area contributed by atoms with Gasteiger partial charge in [-0.2, -0.15) is 15.8 Å². The molecule has 122 valence electrons. The number of sulfonamides is 1. The summed E-state index contributed by atoms with van der Waals surface area (Å²) >= 11 is 0. The van der Waals surface area contributed by atoms with Crippen LogP contribution in [-0.4, -0.2) is 14.5 Å². The first-order valence-corrected chi connectivity index (χ1v) is 8.82. The van der Waals surface area contributed by atoms with Gasteiger partial charge in [0.05, 0.1) is 4.90 Å². The van der Waals surface area contributed by atoms with Crippen molar-refractivity contribution >= 4 is 15.7 Å². The van der Waals surface area contributed by atoms with Gasteiger partial charge < -0.3 is 5.32 Å². The predicted octanol–water partition coefficient (Wildman–Crippen LogP) is 2.14. The van der Waals surface area contributed by atoms with Gasteiger partial charge in [0.1, 0.15) is 23.9 Å². The molecule has 0 amide bonds. The summed E-state index contributed by atoms with van der Waals surface area (Å²) in [5.74, 6) is 0. The Morgan fingerprint density at radius 1 is 1.08 bits per heavy atom. The summed E-state index contributed by atoms with van der Waals surface area (Å²) in [5, 5.41) is 29.3. The summed E-state index contributed by atoms with van der Waals surface area (Å²) in [6.45, 7) is 0. The highest BCUT2D eigenvalue weighted by Crippen LogP contribution is 2.22. The monoisotopic (exact) mass is 341 g/mol. The van der Waals surface area contributed by atoms with E-state index in [4.69, 9.17) is 15.8 Å². The standard InChI is InChI=1S/C16H15N5O2S/c17-9-12(10-18)16(11-19)20-14-6-3-7-15(8-14)24(22,23)21-13-4-1-2-5-13/h3,6-8,13,20-21H,1-2,4-5H2. The fourth-order valence-corrected chi connectivity index (χ4v) is 3.85. The SMILES string of the molecule is N#CC(C#N)=C(C#N)Nc1cccc(S(=O)(=O)NC2CCCC2)c1. The maximum atomic E-state index is 12.4. The van der Waals surface area contributed by atoms with Crippen LogP contribution in [0.1, 0.15) is 25.7 Å². The van der Waals surface area contributed by atoms with Crippen molar-refractivity contribution in [1.29, 1.82) is 15.8 Å². The van der Waals surface area contributed by atoms with Crippen LogP contribution < -0.4 is 10.0 Å². The maximum absolute atomic E-state index is 12.4. The van der Waals surface area contributed by atoms with E-state index in [-0.39, 0.29) is 22.2 Å². The Hall–Kier alpha value is -2.86. The second-order valence-corrected chi connectivity index (χ2v) is 7.05. The molecule has 1 aromatic rings. The molecule has 24 heavy (non-hydrogen) atoms. The van der Waals surface area contributed by atoms with Crippen LogP contribution in [0.2, 0.25) is 0 Å². The lowest BCUT2D eigenvalue weighted by molar-refractivity contribution is 0.552. The van der Waals surface area contributed by atoms with Crippen molar-refractivity contribution in [2.24, 2.45) is 0 Å². The van der Waals surface area contributed by atoms with Gasteiger partial charge in [0.25, 0.3) is 0 Å². The lowest BCUT2D eigenvalue weighted by Crippen LogP contribution is -2.32. The predicted molar refractivity (Wildman–Crippen MR) is 86.5 cm³/mol. The number of rotatable bonds is 5. The summed E-state index contributed by atoms with van der Waals surface area (Å²) in [5.41, 5.74) is -0.281. The van der Waals surface area contributed by atoms with Crippen LogP contribution >= 0.6 is 0 Å². The molecule has 2 N–H and O–H groups in total. The summed E-state index contributed by atoms with van der Waals surface area (Å²) in [4.78, 5) is 0.0622. The van der Waals surface area contributed by atoms with E-state index in [9.17, 15) is 8.42 Å². The molecule has 0 aliphatic heterocycles. The molecular weight excluding hydrogens is 326 g/mol. The number of hydrogen-bond donors (Lipinski definition) is 2. The summed E-state index contributed by atoms with van der Waals surface area (Å²) in [6, 6.07) is 10.8. The lowest BCUT2D eigenvalue weighted by atomic mass is 10.2. The van der Waals surface area contributed by atoms with Crippen molar-refractivity contribution in [3.05, 3.63) is 35.5 Å². The van der Waals surface area contributed by atoms with Gasteiger partial charge in [-0.05, 0) is 31.0 Å². The van der Waals surface area contributed by atoms with Gasteiger partial charge in [0.2, 0.25) is 10.0 Å². The molecule has 7 nitrogen and oxygen atoms in total. The van der Waals surface area contributed by atoms with E-state index < -0.39 is 10.0 Å². The van der Waals surface area contributed by atoms with Gasteiger partial charge in [-0.25, -0.2) is 13.1 Å². The normalized spacial score (nSPS) is 14.2. The molecule has 1 fully saturated rings. The van der Waals surface area contributed by atoms with Crippen molar-refractivity contribution < 1.29 is 8.42 Å². The fourth-order valence-electron chi connectivity index (χ4n) is 2.50. The van der Waals surface area contributed by atoms with Crippen LogP contribution in [0.5, 0.6) is 0 Å². The van der Waals surface area contributed by atoms with Crippen molar-refractivity contribution in [2.45, 2.75) is 36.6 Å². The number of nitrogens with zero attached hydrogens (tertiary/aromatic N) is 3. The molecule has 0 saturated heterocycles. The Kier molecular flexibility index (Phi) is 5.55. The van der Waals surface area contributed by atoms with E-state index in [0.717, 1.165) is 25.7 Å². The van der Waals surface area contributed by atoms with Gasteiger partial charge in [-0.15, -0.1) is 0 Å². The quantitative estimate of drug-likeness (QED) is 0.789. The number of allylic oxidation sites excluding steroid dienone is 2. The molecule has 0 heterocycles. The largest absolute Gasteiger partial charge is 0.345 e. The average molecular weight is 341 g/mol. The van der Waals surface area contributed by atoms with Crippen molar-refractivity contribution in [3.63, 3.8) is 0 Å². The molecular formula is C16H15N5O2S. The molecule has 2 rings (SSSR count). The Bertz CT molecular complexity index is 862. The van der Waals surface area contributed by atoms with Gasteiger partial charge in [0, 0.05) is 11.7 Å². The molecule has 1 aliphatic carbocycles. The fraction of sp³-hybridized carbons (Fsp3) is 0.312. The molecule has 0 bridgehead atoms. The Morgan fingerprint density at radius 2 is 1.75 bits per heavy atom. The van der Waals surface area contributed by atoms with Gasteiger partial charge in [-0.1, -0.05) is 18.9 Å². The molecule has 0 unspecified atom stereocenters. The highest BCUT2D eigenvalue weighted by atomic mass is 32.2. The first-order valence-electron chi connectivity index (χ1n) is 7.34. The van der Waals surface area contributed by atoms with E-state index in [1.54, 1.807) is 24.3 Å². The number of benzene rings is 1. The highest BCUT2D eigenvalue weighted by molar-refractivity contribution is 7.89. The minimum Gasteiger partial charge on any atom is -0.345 e. The third-order valence-corrected chi connectivity index (χ3v) is 5.19.